The summed E-state index contributed by atoms with van der Waals surface area (Å²) in [4.78, 5) is 7.42. The van der Waals surface area contributed by atoms with Crippen molar-refractivity contribution < 1.29 is 14.2 Å². The lowest BCUT2D eigenvalue weighted by molar-refractivity contribution is 0.246. The van der Waals surface area contributed by atoms with Crippen molar-refractivity contribution in [3.05, 3.63) is 59.1 Å². The third-order valence-corrected chi connectivity index (χ3v) is 6.34. The van der Waals surface area contributed by atoms with Crippen molar-refractivity contribution in [3.63, 3.8) is 0 Å². The molecule has 29 heavy (non-hydrogen) atoms. The first-order chi connectivity index (χ1) is 14.2. The number of benzene rings is 2. The Bertz CT molecular complexity index is 955. The average molecular weight is 411 g/mol. The van der Waals surface area contributed by atoms with E-state index in [0.717, 1.165) is 46.6 Å². The van der Waals surface area contributed by atoms with Crippen LogP contribution in [0.2, 0.25) is 0 Å². The molecule has 5 nitrogen and oxygen atoms in total. The van der Waals surface area contributed by atoms with Crippen LogP contribution in [0.5, 0.6) is 17.2 Å². The summed E-state index contributed by atoms with van der Waals surface area (Å²) in [7, 11) is 5.04. The van der Waals surface area contributed by atoms with Crippen LogP contribution < -0.4 is 14.2 Å². The highest BCUT2D eigenvalue weighted by molar-refractivity contribution is 7.13. The molecule has 4 rings (SSSR count). The minimum atomic E-state index is 0.432. The molecule has 0 radical (unpaired) electrons. The van der Waals surface area contributed by atoms with Crippen LogP contribution in [-0.4, -0.2) is 37.8 Å². The Hall–Kier alpha value is -2.57. The van der Waals surface area contributed by atoms with Crippen molar-refractivity contribution in [2.24, 2.45) is 0 Å². The van der Waals surface area contributed by atoms with Crippen LogP contribution in [0.15, 0.2) is 47.8 Å². The first kappa shape index (κ1) is 19.7. The van der Waals surface area contributed by atoms with Gasteiger partial charge in [0.2, 0.25) is 0 Å². The number of aromatic nitrogens is 1. The molecule has 6 heteroatoms. The molecule has 1 aliphatic rings. The van der Waals surface area contributed by atoms with Crippen molar-refractivity contribution in [1.82, 2.24) is 9.88 Å². The lowest BCUT2D eigenvalue weighted by Gasteiger charge is -2.24. The predicted molar refractivity (Wildman–Crippen MR) is 116 cm³/mol. The number of hydrogen-bond acceptors (Lipinski definition) is 6. The van der Waals surface area contributed by atoms with Gasteiger partial charge in [-0.25, -0.2) is 4.98 Å². The van der Waals surface area contributed by atoms with Crippen LogP contribution in [0.1, 0.15) is 30.1 Å². The molecule has 2 heterocycles. The maximum atomic E-state index is 5.54. The molecule has 3 aromatic rings. The molecule has 2 aromatic carbocycles. The van der Waals surface area contributed by atoms with Gasteiger partial charge in [0, 0.05) is 24.0 Å². The molecule has 1 fully saturated rings. The highest BCUT2D eigenvalue weighted by atomic mass is 32.1. The number of methoxy groups -OCH3 is 3. The lowest BCUT2D eigenvalue weighted by atomic mass is 10.0. The summed E-state index contributed by atoms with van der Waals surface area (Å²) in [6, 6.07) is 14.7. The number of rotatable bonds is 7. The minimum absolute atomic E-state index is 0.432. The molecule has 0 aliphatic carbocycles. The van der Waals surface area contributed by atoms with Gasteiger partial charge in [0.1, 0.15) is 22.3 Å². The van der Waals surface area contributed by atoms with E-state index in [9.17, 15) is 0 Å². The summed E-state index contributed by atoms with van der Waals surface area (Å²) in [6.45, 7) is 1.95. The predicted octanol–water partition coefficient (Wildman–Crippen LogP) is 5.17. The molecule has 1 saturated heterocycles. The monoisotopic (exact) mass is 410 g/mol. The van der Waals surface area contributed by atoms with Crippen LogP contribution in [-0.2, 0) is 6.54 Å². The zero-order valence-electron chi connectivity index (χ0n) is 17.1. The van der Waals surface area contributed by atoms with Crippen molar-refractivity contribution >= 4 is 11.3 Å². The smallest absolute Gasteiger partial charge is 0.132 e. The molecule has 0 unspecified atom stereocenters. The Morgan fingerprint density at radius 3 is 2.48 bits per heavy atom. The molecule has 1 atom stereocenters. The van der Waals surface area contributed by atoms with E-state index in [1.807, 2.05) is 30.3 Å². The second-order valence-corrected chi connectivity index (χ2v) is 7.97. The maximum absolute atomic E-state index is 5.54. The van der Waals surface area contributed by atoms with Crippen molar-refractivity contribution in [3.8, 4) is 27.8 Å². The minimum Gasteiger partial charge on any atom is -0.497 e. The Morgan fingerprint density at radius 1 is 1.00 bits per heavy atom. The van der Waals surface area contributed by atoms with Crippen LogP contribution in [0.3, 0.4) is 0 Å². The van der Waals surface area contributed by atoms with Crippen molar-refractivity contribution in [2.75, 3.05) is 27.9 Å². The zero-order valence-corrected chi connectivity index (χ0v) is 17.9. The molecule has 0 amide bonds. The fourth-order valence-corrected chi connectivity index (χ4v) is 4.75. The van der Waals surface area contributed by atoms with Crippen molar-refractivity contribution in [2.45, 2.75) is 25.4 Å². The summed E-state index contributed by atoms with van der Waals surface area (Å²) in [5.41, 5.74) is 3.44. The Balaban J connectivity index is 1.51. The van der Waals surface area contributed by atoms with Gasteiger partial charge in [0.05, 0.1) is 32.6 Å². The first-order valence-electron chi connectivity index (χ1n) is 9.76. The van der Waals surface area contributed by atoms with Gasteiger partial charge in [-0.3, -0.25) is 4.90 Å². The summed E-state index contributed by atoms with van der Waals surface area (Å²) in [6.07, 6.45) is 2.38. The van der Waals surface area contributed by atoms with Gasteiger partial charge in [-0.15, -0.1) is 11.3 Å². The highest BCUT2D eigenvalue weighted by Crippen LogP contribution is 2.37. The quantitative estimate of drug-likeness (QED) is 0.537. The molecular formula is C23H26N2O3S. The van der Waals surface area contributed by atoms with Crippen LogP contribution in [0.25, 0.3) is 10.6 Å². The van der Waals surface area contributed by atoms with Gasteiger partial charge >= 0.3 is 0 Å². The Morgan fingerprint density at radius 2 is 1.76 bits per heavy atom. The largest absolute Gasteiger partial charge is 0.497 e. The molecule has 0 spiro atoms. The van der Waals surface area contributed by atoms with Gasteiger partial charge in [0.15, 0.2) is 0 Å². The fraction of sp³-hybridized carbons (Fsp3) is 0.348. The summed E-state index contributed by atoms with van der Waals surface area (Å²) in [5.74, 6) is 2.46. The topological polar surface area (TPSA) is 43.8 Å². The van der Waals surface area contributed by atoms with Gasteiger partial charge in [-0.1, -0.05) is 12.1 Å². The van der Waals surface area contributed by atoms with Gasteiger partial charge < -0.3 is 14.2 Å². The van der Waals surface area contributed by atoms with Gasteiger partial charge in [-0.2, -0.15) is 0 Å². The normalized spacial score (nSPS) is 16.7. The number of likely N-dealkylation sites (tertiary alicyclic amines) is 1. The molecule has 152 valence electrons. The van der Waals surface area contributed by atoms with E-state index in [1.165, 1.54) is 18.4 Å². The van der Waals surface area contributed by atoms with E-state index < -0.39 is 0 Å². The van der Waals surface area contributed by atoms with E-state index in [4.69, 9.17) is 19.2 Å². The molecule has 0 saturated carbocycles. The summed E-state index contributed by atoms with van der Waals surface area (Å²) >= 11 is 1.66. The SMILES string of the molecule is COc1ccc([C@H]2CCCN2Cc2csc(-c3ccc(OC)cc3OC)n2)cc1. The third-order valence-electron chi connectivity index (χ3n) is 5.42. The van der Waals surface area contributed by atoms with Gasteiger partial charge in [0.25, 0.3) is 0 Å². The number of ether oxygens (including phenoxy) is 3. The second-order valence-electron chi connectivity index (χ2n) is 7.11. The average Bonchev–Trinajstić information content (AvgIpc) is 3.43. The molecular weight excluding hydrogens is 384 g/mol. The summed E-state index contributed by atoms with van der Waals surface area (Å²) in [5, 5.41) is 3.13. The molecule has 0 N–H and O–H groups in total. The Kier molecular flexibility index (Phi) is 6.02. The number of nitrogens with zero attached hydrogens (tertiary/aromatic N) is 2. The Labute approximate surface area is 175 Å². The molecule has 1 aliphatic heterocycles. The number of thiazole rings is 1. The first-order valence-corrected chi connectivity index (χ1v) is 10.6. The zero-order chi connectivity index (χ0) is 20.2. The maximum Gasteiger partial charge on any atom is 0.132 e. The summed E-state index contributed by atoms with van der Waals surface area (Å²) < 4.78 is 16.1. The third kappa shape index (κ3) is 4.23. The molecule has 0 bridgehead atoms. The van der Waals surface area contributed by atoms with E-state index in [0.29, 0.717) is 6.04 Å². The standard InChI is InChI=1S/C23H26N2O3S/c1-26-18-8-6-16(7-9-18)21-5-4-12-25(21)14-17-15-29-23(24-17)20-11-10-19(27-2)13-22(20)28-3/h6-11,13,15,21H,4-5,12,14H2,1-3H3/t21-/m1/s1. The number of hydrogen-bond donors (Lipinski definition) is 0. The van der Waals surface area contributed by atoms with Crippen LogP contribution in [0.4, 0.5) is 0 Å². The highest BCUT2D eigenvalue weighted by Gasteiger charge is 2.26. The van der Waals surface area contributed by atoms with Gasteiger partial charge in [-0.05, 0) is 49.2 Å². The van der Waals surface area contributed by atoms with Crippen LogP contribution >= 0.6 is 11.3 Å². The van der Waals surface area contributed by atoms with E-state index in [1.54, 1.807) is 32.7 Å². The lowest BCUT2D eigenvalue weighted by Crippen LogP contribution is -2.22. The molecule has 1 aromatic heterocycles. The van der Waals surface area contributed by atoms with E-state index >= 15 is 0 Å². The fourth-order valence-electron chi connectivity index (χ4n) is 3.91. The van der Waals surface area contributed by atoms with Crippen molar-refractivity contribution in [1.29, 1.82) is 0 Å². The second kappa shape index (κ2) is 8.84. The van der Waals surface area contributed by atoms with Crippen LogP contribution in [0, 0.1) is 0 Å². The van der Waals surface area contributed by atoms with E-state index in [-0.39, 0.29) is 0 Å². The van der Waals surface area contributed by atoms with E-state index in [2.05, 4.69) is 22.4 Å².